The van der Waals surface area contributed by atoms with Crippen LogP contribution in [0.4, 0.5) is 18.9 Å². The van der Waals surface area contributed by atoms with E-state index in [9.17, 15) is 22.8 Å². The van der Waals surface area contributed by atoms with Gasteiger partial charge < -0.3 is 10.2 Å². The SMILES string of the molecule is CCn1nnc2cc(C(=O)N(C)CC(=O)Nc3ccc(Cl)c(C(F)(F)F)c3)ccc21. The number of carbonyl (C=O) groups excluding carboxylic acids is 2. The number of aromatic nitrogens is 3. The number of alkyl halides is 3. The highest BCUT2D eigenvalue weighted by Crippen LogP contribution is 2.36. The van der Waals surface area contributed by atoms with Crippen LogP contribution in [0.5, 0.6) is 0 Å². The molecule has 0 bridgehead atoms. The number of amides is 2. The average Bonchev–Trinajstić information content (AvgIpc) is 3.10. The van der Waals surface area contributed by atoms with Crippen molar-refractivity contribution in [3.63, 3.8) is 0 Å². The van der Waals surface area contributed by atoms with Crippen molar-refractivity contribution in [2.24, 2.45) is 0 Å². The van der Waals surface area contributed by atoms with E-state index in [0.29, 0.717) is 17.6 Å². The van der Waals surface area contributed by atoms with Crippen molar-refractivity contribution in [3.8, 4) is 0 Å². The molecule has 7 nitrogen and oxygen atoms in total. The largest absolute Gasteiger partial charge is 0.417 e. The number of hydrogen-bond acceptors (Lipinski definition) is 4. The Labute approximate surface area is 174 Å². The average molecular weight is 440 g/mol. The van der Waals surface area contributed by atoms with Crippen molar-refractivity contribution in [2.45, 2.75) is 19.6 Å². The molecule has 0 unspecified atom stereocenters. The predicted molar refractivity (Wildman–Crippen MR) is 105 cm³/mol. The number of aryl methyl sites for hydroxylation is 1. The summed E-state index contributed by atoms with van der Waals surface area (Å²) in [6, 6.07) is 7.93. The van der Waals surface area contributed by atoms with Gasteiger partial charge in [-0.15, -0.1) is 5.10 Å². The molecule has 2 aromatic carbocycles. The third-order valence-corrected chi connectivity index (χ3v) is 4.67. The normalized spacial score (nSPS) is 11.5. The molecule has 0 fully saturated rings. The van der Waals surface area contributed by atoms with Gasteiger partial charge in [0.25, 0.3) is 5.91 Å². The number of nitrogens with one attached hydrogen (secondary N) is 1. The highest BCUT2D eigenvalue weighted by molar-refractivity contribution is 6.31. The van der Waals surface area contributed by atoms with Crippen LogP contribution in [0.15, 0.2) is 36.4 Å². The molecule has 3 aromatic rings. The van der Waals surface area contributed by atoms with Gasteiger partial charge in [0.05, 0.1) is 22.6 Å². The molecule has 3 rings (SSSR count). The number of hydrogen-bond donors (Lipinski definition) is 1. The minimum Gasteiger partial charge on any atom is -0.332 e. The molecule has 158 valence electrons. The molecule has 1 N–H and O–H groups in total. The van der Waals surface area contributed by atoms with Crippen LogP contribution in [0, 0.1) is 0 Å². The van der Waals surface area contributed by atoms with Crippen molar-refractivity contribution in [3.05, 3.63) is 52.5 Å². The lowest BCUT2D eigenvalue weighted by molar-refractivity contribution is -0.137. The molecular formula is C19H17ClF3N5O2. The van der Waals surface area contributed by atoms with Crippen LogP contribution in [0.3, 0.4) is 0 Å². The minimum absolute atomic E-state index is 0.0739. The van der Waals surface area contributed by atoms with E-state index in [1.165, 1.54) is 13.1 Å². The number of rotatable bonds is 5. The summed E-state index contributed by atoms with van der Waals surface area (Å²) in [6.07, 6.45) is -4.65. The summed E-state index contributed by atoms with van der Waals surface area (Å²) >= 11 is 5.57. The lowest BCUT2D eigenvalue weighted by Gasteiger charge is -2.17. The second-order valence-electron chi connectivity index (χ2n) is 6.51. The van der Waals surface area contributed by atoms with Gasteiger partial charge in [-0.1, -0.05) is 16.8 Å². The fourth-order valence-corrected chi connectivity index (χ4v) is 3.09. The molecule has 2 amide bonds. The van der Waals surface area contributed by atoms with E-state index in [4.69, 9.17) is 11.6 Å². The second kappa shape index (κ2) is 8.31. The van der Waals surface area contributed by atoms with Crippen LogP contribution in [0.2, 0.25) is 5.02 Å². The Morgan fingerprint density at radius 2 is 1.93 bits per heavy atom. The Bertz CT molecular complexity index is 1110. The van der Waals surface area contributed by atoms with Gasteiger partial charge in [0.15, 0.2) is 0 Å². The maximum Gasteiger partial charge on any atom is 0.417 e. The van der Waals surface area contributed by atoms with Crippen LogP contribution in [0.1, 0.15) is 22.8 Å². The summed E-state index contributed by atoms with van der Waals surface area (Å²) in [5.41, 5.74) is 0.501. The summed E-state index contributed by atoms with van der Waals surface area (Å²) in [5.74, 6) is -1.09. The molecular weight excluding hydrogens is 423 g/mol. The summed E-state index contributed by atoms with van der Waals surface area (Å²) in [5, 5.41) is 9.85. The van der Waals surface area contributed by atoms with E-state index < -0.39 is 28.6 Å². The molecule has 0 radical (unpaired) electrons. The number of anilines is 1. The van der Waals surface area contributed by atoms with Gasteiger partial charge in [-0.3, -0.25) is 9.59 Å². The molecule has 0 atom stereocenters. The lowest BCUT2D eigenvalue weighted by Crippen LogP contribution is -2.35. The van der Waals surface area contributed by atoms with Gasteiger partial charge in [-0.25, -0.2) is 4.68 Å². The molecule has 0 saturated heterocycles. The van der Waals surface area contributed by atoms with Crippen molar-refractivity contribution >= 4 is 40.1 Å². The zero-order chi connectivity index (χ0) is 22.1. The molecule has 0 saturated carbocycles. The van der Waals surface area contributed by atoms with Crippen LogP contribution >= 0.6 is 11.6 Å². The van der Waals surface area contributed by atoms with E-state index in [1.54, 1.807) is 22.9 Å². The van der Waals surface area contributed by atoms with Crippen molar-refractivity contribution in [1.29, 1.82) is 0 Å². The molecule has 1 heterocycles. The molecule has 30 heavy (non-hydrogen) atoms. The maximum atomic E-state index is 12.9. The molecule has 0 spiro atoms. The van der Waals surface area contributed by atoms with E-state index in [1.807, 2.05) is 6.92 Å². The Hall–Kier alpha value is -3.14. The highest BCUT2D eigenvalue weighted by Gasteiger charge is 2.33. The van der Waals surface area contributed by atoms with E-state index in [-0.39, 0.29) is 12.2 Å². The van der Waals surface area contributed by atoms with Gasteiger partial charge in [0, 0.05) is 24.8 Å². The van der Waals surface area contributed by atoms with Gasteiger partial charge >= 0.3 is 6.18 Å². The highest BCUT2D eigenvalue weighted by atomic mass is 35.5. The van der Waals surface area contributed by atoms with Crippen molar-refractivity contribution in [1.82, 2.24) is 19.9 Å². The number of fused-ring (bicyclic) bond motifs is 1. The standard InChI is InChI=1S/C19H17ClF3N5O2/c1-3-28-16-7-4-11(8-15(16)25-26-28)18(30)27(2)10-17(29)24-12-5-6-14(20)13(9-12)19(21,22)23/h4-9H,3,10H2,1-2H3,(H,24,29). The molecule has 11 heteroatoms. The summed E-state index contributed by atoms with van der Waals surface area (Å²) in [7, 11) is 1.41. The second-order valence-corrected chi connectivity index (χ2v) is 6.92. The number of likely N-dealkylation sites (N-methyl/N-ethyl adjacent to an activating group) is 1. The van der Waals surface area contributed by atoms with Gasteiger partial charge in [0.2, 0.25) is 5.91 Å². The van der Waals surface area contributed by atoms with Crippen LogP contribution in [-0.2, 0) is 17.5 Å². The first-order chi connectivity index (χ1) is 14.1. The predicted octanol–water partition coefficient (Wildman–Crippen LogP) is 3.83. The molecule has 0 aliphatic carbocycles. The van der Waals surface area contributed by atoms with Crippen molar-refractivity contribution < 1.29 is 22.8 Å². The number of nitrogens with zero attached hydrogens (tertiary/aromatic N) is 4. The van der Waals surface area contributed by atoms with Crippen LogP contribution < -0.4 is 5.32 Å². The Kier molecular flexibility index (Phi) is 5.97. The Morgan fingerprint density at radius 1 is 1.20 bits per heavy atom. The Balaban J connectivity index is 1.69. The minimum atomic E-state index is -4.65. The molecule has 0 aliphatic heterocycles. The Morgan fingerprint density at radius 3 is 2.60 bits per heavy atom. The summed E-state index contributed by atoms with van der Waals surface area (Å²) in [6.45, 7) is 2.19. The topological polar surface area (TPSA) is 80.1 Å². The zero-order valence-corrected chi connectivity index (χ0v) is 16.8. The first-order valence-electron chi connectivity index (χ1n) is 8.85. The van der Waals surface area contributed by atoms with Crippen molar-refractivity contribution in [2.75, 3.05) is 18.9 Å². The van der Waals surface area contributed by atoms with E-state index >= 15 is 0 Å². The van der Waals surface area contributed by atoms with E-state index in [0.717, 1.165) is 22.5 Å². The monoisotopic (exact) mass is 439 g/mol. The number of carbonyl (C=O) groups is 2. The molecule has 0 aliphatic rings. The van der Waals surface area contributed by atoms with Crippen LogP contribution in [-0.4, -0.2) is 45.3 Å². The number of benzene rings is 2. The summed E-state index contributed by atoms with van der Waals surface area (Å²) in [4.78, 5) is 26.0. The first kappa shape index (κ1) is 21.6. The molecule has 1 aromatic heterocycles. The van der Waals surface area contributed by atoms with Gasteiger partial charge in [-0.05, 0) is 43.3 Å². The summed E-state index contributed by atoms with van der Waals surface area (Å²) < 4.78 is 40.5. The third-order valence-electron chi connectivity index (χ3n) is 4.34. The fourth-order valence-electron chi connectivity index (χ4n) is 2.87. The van der Waals surface area contributed by atoms with Crippen LogP contribution in [0.25, 0.3) is 11.0 Å². The quantitative estimate of drug-likeness (QED) is 0.655. The fraction of sp³-hybridized carbons (Fsp3) is 0.263. The first-order valence-corrected chi connectivity index (χ1v) is 9.23. The van der Waals surface area contributed by atoms with Gasteiger partial charge in [-0.2, -0.15) is 13.2 Å². The van der Waals surface area contributed by atoms with E-state index in [2.05, 4.69) is 15.6 Å². The lowest BCUT2D eigenvalue weighted by atomic mass is 10.1. The zero-order valence-electron chi connectivity index (χ0n) is 16.0. The smallest absolute Gasteiger partial charge is 0.332 e. The van der Waals surface area contributed by atoms with Gasteiger partial charge in [0.1, 0.15) is 5.52 Å². The third kappa shape index (κ3) is 4.54. The number of halogens is 4. The maximum absolute atomic E-state index is 12.9.